The predicted octanol–water partition coefficient (Wildman–Crippen LogP) is 8.27. The van der Waals surface area contributed by atoms with Crippen molar-refractivity contribution in [2.75, 3.05) is 22.9 Å². The molecular formula is C49H53N5O7. The Morgan fingerprint density at radius 3 is 2.07 bits per heavy atom. The SMILES string of the molecule is Cc1c(C)c(/C=C/C=C/C(=O)Cc2ccc3c(c2)C(C)(C)C(/C(C#N)=C/C=C/C(C#N)=C2/N(CCC(=O)O)c4ccccc4C2(C)C)N3CCC(=O)O)n(CCC(=O)O)c1C. The Morgan fingerprint density at radius 1 is 0.754 bits per heavy atom. The largest absolute Gasteiger partial charge is 0.481 e. The van der Waals surface area contributed by atoms with E-state index in [1.54, 1.807) is 30.4 Å². The van der Waals surface area contributed by atoms with Crippen LogP contribution < -0.4 is 9.80 Å². The standard InChI is InChI=1S/C49H53N5O7/c1-31-32(2)40(52(33(31)3)24-21-43(56)57)17-10-8-15-37(55)27-34-19-20-42-39(28-34)49(6,7)47(54(42)26-23-45(60)61)36(30-51)14-12-13-35(29-50)46-48(4,5)38-16-9-11-18-41(38)53(46)25-22-44(58)59/h8-20,28,47H,21-27H2,1-7H3,(H,56,57)(H,58,59)(H,60,61)/b13-12+,15-8+,17-10+,36-14+,46-35-. The molecule has 316 valence electrons. The number of fused-ring (bicyclic) bond motifs is 2. The number of aliphatic carboxylic acids is 3. The minimum atomic E-state index is -0.984. The number of carbonyl (C=O) groups is 4. The van der Waals surface area contributed by atoms with Crippen molar-refractivity contribution in [2.45, 2.75) is 97.6 Å². The van der Waals surface area contributed by atoms with Crippen molar-refractivity contribution in [3.8, 4) is 12.1 Å². The minimum Gasteiger partial charge on any atom is -0.481 e. The van der Waals surface area contributed by atoms with Crippen LogP contribution in [0.1, 0.15) is 86.2 Å². The number of carboxylic acid groups (broad SMARTS) is 3. The fraction of sp³-hybridized carbons (Fsp3) is 0.347. The number of hydrogen-bond acceptors (Lipinski definition) is 8. The summed E-state index contributed by atoms with van der Waals surface area (Å²) in [6, 6.07) is 17.4. The molecule has 1 aromatic heterocycles. The number of rotatable bonds is 17. The van der Waals surface area contributed by atoms with Crippen LogP contribution >= 0.6 is 0 Å². The lowest BCUT2D eigenvalue weighted by atomic mass is 9.77. The topological polar surface area (TPSA) is 188 Å². The average molecular weight is 824 g/mol. The molecule has 0 spiro atoms. The van der Waals surface area contributed by atoms with E-state index in [9.17, 15) is 45.0 Å². The number of carboxylic acids is 3. The molecule has 0 amide bonds. The number of nitriles is 2. The first-order chi connectivity index (χ1) is 28.8. The molecule has 0 bridgehead atoms. The highest BCUT2D eigenvalue weighted by atomic mass is 16.4. The van der Waals surface area contributed by atoms with Crippen molar-refractivity contribution in [3.63, 3.8) is 0 Å². The van der Waals surface area contributed by atoms with Crippen LogP contribution in [0, 0.1) is 43.4 Å². The highest BCUT2D eigenvalue weighted by Gasteiger charge is 2.47. The molecule has 0 fully saturated rings. The molecule has 0 radical (unpaired) electrons. The van der Waals surface area contributed by atoms with Gasteiger partial charge in [0.25, 0.3) is 0 Å². The number of benzene rings is 2. The molecule has 2 aliphatic heterocycles. The zero-order chi connectivity index (χ0) is 44.8. The Labute approximate surface area is 357 Å². The van der Waals surface area contributed by atoms with E-state index in [2.05, 4.69) is 12.1 Å². The lowest BCUT2D eigenvalue weighted by Crippen LogP contribution is -2.43. The maximum Gasteiger partial charge on any atom is 0.305 e. The minimum absolute atomic E-state index is 0.00167. The van der Waals surface area contributed by atoms with Gasteiger partial charge in [0, 0.05) is 65.3 Å². The fourth-order valence-corrected chi connectivity index (χ4v) is 8.84. The van der Waals surface area contributed by atoms with E-state index in [4.69, 9.17) is 0 Å². The molecule has 12 nitrogen and oxygen atoms in total. The summed E-state index contributed by atoms with van der Waals surface area (Å²) in [7, 11) is 0. The van der Waals surface area contributed by atoms with Gasteiger partial charge in [0.05, 0.1) is 42.5 Å². The van der Waals surface area contributed by atoms with Gasteiger partial charge in [-0.2, -0.15) is 10.5 Å². The van der Waals surface area contributed by atoms with Gasteiger partial charge in [-0.3, -0.25) is 19.2 Å². The van der Waals surface area contributed by atoms with Crippen LogP contribution in [-0.4, -0.2) is 62.7 Å². The smallest absolute Gasteiger partial charge is 0.305 e. The number of anilines is 2. The third-order valence-electron chi connectivity index (χ3n) is 12.0. The van der Waals surface area contributed by atoms with Crippen molar-refractivity contribution in [1.82, 2.24) is 4.57 Å². The van der Waals surface area contributed by atoms with Gasteiger partial charge in [-0.15, -0.1) is 0 Å². The normalized spacial score (nSPS) is 17.5. The number of allylic oxidation sites excluding steroid dienone is 8. The summed E-state index contributed by atoms with van der Waals surface area (Å²) in [5.41, 5.74) is 8.24. The molecule has 61 heavy (non-hydrogen) atoms. The molecule has 0 saturated heterocycles. The Bertz CT molecular complexity index is 2500. The second kappa shape index (κ2) is 18.6. The lowest BCUT2D eigenvalue weighted by molar-refractivity contribution is -0.138. The van der Waals surface area contributed by atoms with E-state index >= 15 is 0 Å². The van der Waals surface area contributed by atoms with E-state index < -0.39 is 34.8 Å². The second-order valence-electron chi connectivity index (χ2n) is 16.6. The summed E-state index contributed by atoms with van der Waals surface area (Å²) in [6.07, 6.45) is 11.6. The Kier molecular flexibility index (Phi) is 13.7. The number of hydrogen-bond donors (Lipinski definition) is 3. The molecule has 1 atom stereocenters. The Balaban J connectivity index is 1.42. The summed E-state index contributed by atoms with van der Waals surface area (Å²) in [5.74, 6) is -2.95. The number of carbonyl (C=O) groups excluding carboxylic acids is 1. The molecule has 3 N–H and O–H groups in total. The zero-order valence-corrected chi connectivity index (χ0v) is 35.8. The highest BCUT2D eigenvalue weighted by Crippen LogP contribution is 2.50. The number of ketones is 1. The quantitative estimate of drug-likeness (QED) is 0.0676. The number of para-hydroxylation sites is 1. The summed E-state index contributed by atoms with van der Waals surface area (Å²) < 4.78 is 1.98. The summed E-state index contributed by atoms with van der Waals surface area (Å²) in [4.78, 5) is 51.7. The highest BCUT2D eigenvalue weighted by molar-refractivity contribution is 5.92. The first-order valence-electron chi connectivity index (χ1n) is 20.2. The fourth-order valence-electron chi connectivity index (χ4n) is 8.84. The Morgan fingerprint density at radius 2 is 1.41 bits per heavy atom. The molecule has 3 aromatic rings. The first-order valence-corrected chi connectivity index (χ1v) is 20.2. The van der Waals surface area contributed by atoms with Gasteiger partial charge in [-0.1, -0.05) is 76.3 Å². The molecule has 2 aromatic carbocycles. The average Bonchev–Trinajstić information content (AvgIpc) is 3.66. The van der Waals surface area contributed by atoms with E-state index in [1.807, 2.05) is 111 Å². The second-order valence-corrected chi connectivity index (χ2v) is 16.6. The third-order valence-corrected chi connectivity index (χ3v) is 12.0. The summed E-state index contributed by atoms with van der Waals surface area (Å²) in [5, 5.41) is 49.5. The zero-order valence-electron chi connectivity index (χ0n) is 35.8. The summed E-state index contributed by atoms with van der Waals surface area (Å²) in [6.45, 7) is 14.6. The van der Waals surface area contributed by atoms with Crippen molar-refractivity contribution in [2.24, 2.45) is 0 Å². The lowest BCUT2D eigenvalue weighted by Gasteiger charge is -2.34. The number of aromatic nitrogens is 1. The van der Waals surface area contributed by atoms with Crippen LogP contribution in [0.4, 0.5) is 11.4 Å². The third kappa shape index (κ3) is 9.45. The van der Waals surface area contributed by atoms with E-state index in [-0.39, 0.29) is 44.6 Å². The van der Waals surface area contributed by atoms with E-state index in [0.717, 1.165) is 50.6 Å². The van der Waals surface area contributed by atoms with Crippen LogP contribution in [0.25, 0.3) is 6.08 Å². The molecule has 0 aliphatic carbocycles. The molecule has 3 heterocycles. The van der Waals surface area contributed by atoms with E-state index in [1.165, 1.54) is 6.08 Å². The monoisotopic (exact) mass is 823 g/mol. The molecule has 5 rings (SSSR count). The van der Waals surface area contributed by atoms with Crippen LogP contribution in [0.3, 0.4) is 0 Å². The maximum absolute atomic E-state index is 13.2. The van der Waals surface area contributed by atoms with Crippen molar-refractivity contribution in [3.05, 3.63) is 135 Å². The van der Waals surface area contributed by atoms with Gasteiger partial charge in [0.2, 0.25) is 0 Å². The van der Waals surface area contributed by atoms with Gasteiger partial charge in [0.15, 0.2) is 5.78 Å². The number of nitrogens with zero attached hydrogens (tertiary/aromatic N) is 5. The van der Waals surface area contributed by atoms with E-state index in [0.29, 0.717) is 23.4 Å². The summed E-state index contributed by atoms with van der Waals surface area (Å²) >= 11 is 0. The molecule has 12 heteroatoms. The molecule has 0 saturated carbocycles. The van der Waals surface area contributed by atoms with Crippen LogP contribution in [0.15, 0.2) is 95.8 Å². The van der Waals surface area contributed by atoms with Crippen LogP contribution in [0.5, 0.6) is 0 Å². The van der Waals surface area contributed by atoms with Crippen LogP contribution in [-0.2, 0) is 43.0 Å². The van der Waals surface area contributed by atoms with Crippen molar-refractivity contribution >= 4 is 41.1 Å². The Hall–Kier alpha value is -6.92. The van der Waals surface area contributed by atoms with Crippen molar-refractivity contribution in [1.29, 1.82) is 10.5 Å². The van der Waals surface area contributed by atoms with Crippen molar-refractivity contribution < 1.29 is 34.5 Å². The van der Waals surface area contributed by atoms with Gasteiger partial charge in [0.1, 0.15) is 6.07 Å². The van der Waals surface area contributed by atoms with Gasteiger partial charge < -0.3 is 29.7 Å². The van der Waals surface area contributed by atoms with Gasteiger partial charge >= 0.3 is 17.9 Å². The van der Waals surface area contributed by atoms with Gasteiger partial charge in [-0.25, -0.2) is 0 Å². The molecular weight excluding hydrogens is 771 g/mol. The maximum atomic E-state index is 13.2. The first kappa shape index (κ1) is 45.2. The van der Waals surface area contributed by atoms with Gasteiger partial charge in [-0.05, 0) is 85.0 Å². The predicted molar refractivity (Wildman–Crippen MR) is 235 cm³/mol. The van der Waals surface area contributed by atoms with Crippen LogP contribution in [0.2, 0.25) is 0 Å². The molecule has 2 aliphatic rings. The molecule has 1 unspecified atom stereocenters.